The predicted molar refractivity (Wildman–Crippen MR) is 93.9 cm³/mol. The molecular formula is C20H23N2O2+. The molecule has 2 aromatic heterocycles. The molecule has 0 fully saturated rings. The summed E-state index contributed by atoms with van der Waals surface area (Å²) in [5, 5.41) is 1.10. The fourth-order valence-electron chi connectivity index (χ4n) is 2.74. The van der Waals surface area contributed by atoms with Gasteiger partial charge in [0.2, 0.25) is 0 Å². The van der Waals surface area contributed by atoms with Gasteiger partial charge in [-0.1, -0.05) is 24.3 Å². The zero-order valence-electron chi connectivity index (χ0n) is 14.4. The van der Waals surface area contributed by atoms with Crippen molar-refractivity contribution in [3.05, 3.63) is 66.6 Å². The zero-order chi connectivity index (χ0) is 17.2. The molecule has 0 aliphatic heterocycles. The van der Waals surface area contributed by atoms with Crippen LogP contribution in [0.5, 0.6) is 0 Å². The maximum Gasteiger partial charge on any atom is 0.419 e. The second-order valence-corrected chi connectivity index (χ2v) is 6.89. The van der Waals surface area contributed by atoms with Crippen LogP contribution in [0.2, 0.25) is 0 Å². The molecule has 4 nitrogen and oxygen atoms in total. The molecule has 0 bridgehead atoms. The molecular weight excluding hydrogens is 300 g/mol. The van der Waals surface area contributed by atoms with Crippen LogP contribution in [0.25, 0.3) is 10.9 Å². The molecule has 1 aromatic carbocycles. The Morgan fingerprint density at radius 1 is 1.08 bits per heavy atom. The summed E-state index contributed by atoms with van der Waals surface area (Å²) in [6.45, 7) is 6.50. The van der Waals surface area contributed by atoms with Crippen LogP contribution in [0.1, 0.15) is 26.3 Å². The lowest BCUT2D eigenvalue weighted by molar-refractivity contribution is -0.696. The lowest BCUT2D eigenvalue weighted by Crippen LogP contribution is -2.33. The Labute approximate surface area is 142 Å². The summed E-state index contributed by atoms with van der Waals surface area (Å²) in [5.74, 6) is 0. The standard InChI is InChI=1S/C20H23N2O2/c1-20(2,3)24-19(23)22-15-16(17-9-5-6-10-18(17)22)11-14-21-12-7-4-8-13-21/h4-10,12-13,15H,11,14H2,1-3H3/q+1. The highest BCUT2D eigenvalue weighted by Gasteiger charge is 2.20. The van der Waals surface area contributed by atoms with E-state index in [0.717, 1.165) is 29.4 Å². The SMILES string of the molecule is CC(C)(C)OC(=O)n1cc(CC[n+]2ccccc2)c2ccccc21. The van der Waals surface area contributed by atoms with Gasteiger partial charge >= 0.3 is 6.09 Å². The predicted octanol–water partition coefficient (Wildman–Crippen LogP) is 3.95. The number of hydrogen-bond acceptors (Lipinski definition) is 2. The van der Waals surface area contributed by atoms with E-state index in [2.05, 4.69) is 10.6 Å². The topological polar surface area (TPSA) is 35.1 Å². The summed E-state index contributed by atoms with van der Waals surface area (Å²) in [7, 11) is 0. The van der Waals surface area contributed by atoms with Gasteiger partial charge in [0.15, 0.2) is 18.9 Å². The van der Waals surface area contributed by atoms with E-state index in [1.807, 2.05) is 75.8 Å². The summed E-state index contributed by atoms with van der Waals surface area (Å²) < 4.78 is 9.28. The third-order valence-electron chi connectivity index (χ3n) is 3.80. The van der Waals surface area contributed by atoms with Gasteiger partial charge in [-0.05, 0) is 32.4 Å². The van der Waals surface area contributed by atoms with Crippen LogP contribution >= 0.6 is 0 Å². The van der Waals surface area contributed by atoms with Gasteiger partial charge in [0.25, 0.3) is 0 Å². The van der Waals surface area contributed by atoms with Crippen molar-refractivity contribution in [1.29, 1.82) is 0 Å². The molecule has 0 saturated heterocycles. The molecule has 0 N–H and O–H groups in total. The number of ether oxygens (including phenoxy) is 1. The van der Waals surface area contributed by atoms with Crippen molar-refractivity contribution in [2.75, 3.05) is 0 Å². The first kappa shape index (κ1) is 16.2. The molecule has 0 saturated carbocycles. The molecule has 0 amide bonds. The van der Waals surface area contributed by atoms with Crippen molar-refractivity contribution in [3.8, 4) is 0 Å². The highest BCUT2D eigenvalue weighted by Crippen LogP contribution is 2.23. The van der Waals surface area contributed by atoms with E-state index in [9.17, 15) is 4.79 Å². The monoisotopic (exact) mass is 323 g/mol. The first-order valence-electron chi connectivity index (χ1n) is 8.20. The summed E-state index contributed by atoms with van der Waals surface area (Å²) in [5.41, 5.74) is 1.52. The number of para-hydroxylation sites is 1. The molecule has 0 unspecified atom stereocenters. The van der Waals surface area contributed by atoms with E-state index in [0.29, 0.717) is 0 Å². The summed E-state index contributed by atoms with van der Waals surface area (Å²) in [6, 6.07) is 14.0. The lowest BCUT2D eigenvalue weighted by atomic mass is 10.1. The number of pyridine rings is 1. The lowest BCUT2D eigenvalue weighted by Gasteiger charge is -2.19. The second-order valence-electron chi connectivity index (χ2n) is 6.89. The van der Waals surface area contributed by atoms with Gasteiger partial charge < -0.3 is 4.74 Å². The van der Waals surface area contributed by atoms with Crippen molar-refractivity contribution < 1.29 is 14.1 Å². The Bertz CT molecular complexity index is 845. The van der Waals surface area contributed by atoms with E-state index < -0.39 is 5.60 Å². The van der Waals surface area contributed by atoms with Crippen LogP contribution in [-0.2, 0) is 17.7 Å². The number of carbonyl (C=O) groups is 1. The third-order valence-corrected chi connectivity index (χ3v) is 3.80. The van der Waals surface area contributed by atoms with Gasteiger partial charge in [0, 0.05) is 30.1 Å². The van der Waals surface area contributed by atoms with Gasteiger partial charge in [-0.25, -0.2) is 9.36 Å². The fraction of sp³-hybridized carbons (Fsp3) is 0.300. The largest absolute Gasteiger partial charge is 0.443 e. The van der Waals surface area contributed by atoms with E-state index in [4.69, 9.17) is 4.74 Å². The Kier molecular flexibility index (Phi) is 4.38. The van der Waals surface area contributed by atoms with E-state index in [-0.39, 0.29) is 6.09 Å². The number of fused-ring (bicyclic) bond motifs is 1. The molecule has 0 aliphatic carbocycles. The summed E-state index contributed by atoms with van der Waals surface area (Å²) >= 11 is 0. The molecule has 2 heterocycles. The van der Waals surface area contributed by atoms with Crippen molar-refractivity contribution >= 4 is 17.0 Å². The number of carbonyl (C=O) groups excluding carboxylic acids is 1. The van der Waals surface area contributed by atoms with Crippen LogP contribution < -0.4 is 4.57 Å². The molecule has 0 radical (unpaired) electrons. The molecule has 0 spiro atoms. The molecule has 0 aliphatic rings. The van der Waals surface area contributed by atoms with Crippen molar-refractivity contribution in [2.45, 2.75) is 39.3 Å². The van der Waals surface area contributed by atoms with Gasteiger partial charge in [0.05, 0.1) is 5.52 Å². The average molecular weight is 323 g/mol. The van der Waals surface area contributed by atoms with Gasteiger partial charge in [-0.15, -0.1) is 0 Å². The zero-order valence-corrected chi connectivity index (χ0v) is 14.4. The quantitative estimate of drug-likeness (QED) is 0.684. The fourth-order valence-corrected chi connectivity index (χ4v) is 2.74. The minimum Gasteiger partial charge on any atom is -0.443 e. The Hall–Kier alpha value is -2.62. The highest BCUT2D eigenvalue weighted by molar-refractivity contribution is 5.92. The first-order valence-corrected chi connectivity index (χ1v) is 8.20. The third kappa shape index (κ3) is 3.65. The Balaban J connectivity index is 1.90. The van der Waals surface area contributed by atoms with Crippen molar-refractivity contribution in [3.63, 3.8) is 0 Å². The van der Waals surface area contributed by atoms with E-state index in [1.54, 1.807) is 4.57 Å². The van der Waals surface area contributed by atoms with Crippen LogP contribution in [0, 0.1) is 0 Å². The van der Waals surface area contributed by atoms with E-state index >= 15 is 0 Å². The number of benzene rings is 1. The molecule has 0 atom stereocenters. The molecule has 3 rings (SSSR count). The Morgan fingerprint density at radius 3 is 2.50 bits per heavy atom. The maximum absolute atomic E-state index is 12.5. The van der Waals surface area contributed by atoms with Crippen molar-refractivity contribution in [1.82, 2.24) is 4.57 Å². The number of aromatic nitrogens is 2. The first-order chi connectivity index (χ1) is 11.4. The highest BCUT2D eigenvalue weighted by atomic mass is 16.6. The minimum absolute atomic E-state index is 0.336. The van der Waals surface area contributed by atoms with Crippen LogP contribution in [-0.4, -0.2) is 16.3 Å². The Morgan fingerprint density at radius 2 is 1.79 bits per heavy atom. The number of rotatable bonds is 3. The van der Waals surface area contributed by atoms with Gasteiger partial charge in [0.1, 0.15) is 5.60 Å². The molecule has 24 heavy (non-hydrogen) atoms. The normalized spacial score (nSPS) is 11.6. The summed E-state index contributed by atoms with van der Waals surface area (Å²) in [4.78, 5) is 12.5. The smallest absolute Gasteiger partial charge is 0.419 e. The molecule has 4 heteroatoms. The average Bonchev–Trinajstić information content (AvgIpc) is 2.91. The second kappa shape index (κ2) is 6.48. The number of nitrogens with zero attached hydrogens (tertiary/aromatic N) is 2. The minimum atomic E-state index is -0.511. The van der Waals surface area contributed by atoms with E-state index in [1.165, 1.54) is 0 Å². The number of hydrogen-bond donors (Lipinski definition) is 0. The van der Waals surface area contributed by atoms with Gasteiger partial charge in [-0.3, -0.25) is 4.57 Å². The number of aryl methyl sites for hydroxylation is 2. The molecule has 124 valence electrons. The van der Waals surface area contributed by atoms with Crippen LogP contribution in [0.15, 0.2) is 61.1 Å². The molecule has 3 aromatic rings. The summed E-state index contributed by atoms with van der Waals surface area (Å²) in [6.07, 6.45) is 6.52. The van der Waals surface area contributed by atoms with Crippen molar-refractivity contribution in [2.24, 2.45) is 0 Å². The van der Waals surface area contributed by atoms with Crippen LogP contribution in [0.3, 0.4) is 0 Å². The van der Waals surface area contributed by atoms with Crippen LogP contribution in [0.4, 0.5) is 4.79 Å². The maximum atomic E-state index is 12.5. The van der Waals surface area contributed by atoms with Gasteiger partial charge in [-0.2, -0.15) is 0 Å².